The number of sulfonamides is 1. The lowest BCUT2D eigenvalue weighted by Gasteiger charge is -2.21. The monoisotopic (exact) mass is 381 g/mol. The Balaban J connectivity index is 1.91. The van der Waals surface area contributed by atoms with E-state index < -0.39 is 10.0 Å². The van der Waals surface area contributed by atoms with Gasteiger partial charge in [-0.05, 0) is 24.6 Å². The summed E-state index contributed by atoms with van der Waals surface area (Å²) in [4.78, 5) is 10.8. The summed E-state index contributed by atoms with van der Waals surface area (Å²) in [7, 11) is 0.446. The Bertz CT molecular complexity index is 828. The smallest absolute Gasteiger partial charge is 0.229 e. The molecule has 0 unspecified atom stereocenters. The highest BCUT2D eigenvalue weighted by Crippen LogP contribution is 2.12. The van der Waals surface area contributed by atoms with Crippen molar-refractivity contribution in [2.75, 3.05) is 25.1 Å². The van der Waals surface area contributed by atoms with E-state index in [-0.39, 0.29) is 0 Å². The fraction of sp³-hybridized carbons (Fsp3) is 0.375. The summed E-state index contributed by atoms with van der Waals surface area (Å²) in [5.41, 5.74) is 2.59. The van der Waals surface area contributed by atoms with Gasteiger partial charge in [0, 0.05) is 31.7 Å². The van der Waals surface area contributed by atoms with E-state index in [2.05, 4.69) is 20.0 Å². The lowest BCUT2D eigenvalue weighted by molar-refractivity contribution is 0.470. The summed E-state index contributed by atoms with van der Waals surface area (Å²) >= 11 is 1.63. The fourth-order valence-electron chi connectivity index (χ4n) is 2.27. The summed E-state index contributed by atoms with van der Waals surface area (Å²) in [5.74, 6) is 0.768. The maximum absolute atomic E-state index is 11.2. The lowest BCUT2D eigenvalue weighted by atomic mass is 10.2. The standard InChI is InChI=1S/C16H23N5O2S2/c1-12-19-15(11-24-12)10-21(3)16(17-2)18-9-13-5-7-14(8-6-13)20-25(4,22)23/h5-8,11,20H,9-10H2,1-4H3,(H,17,18). The molecule has 0 bridgehead atoms. The Morgan fingerprint density at radius 1 is 1.32 bits per heavy atom. The average molecular weight is 382 g/mol. The van der Waals surface area contributed by atoms with Crippen LogP contribution in [0.1, 0.15) is 16.3 Å². The molecule has 25 heavy (non-hydrogen) atoms. The van der Waals surface area contributed by atoms with Crippen LogP contribution in [-0.2, 0) is 23.1 Å². The zero-order valence-electron chi connectivity index (χ0n) is 14.8. The van der Waals surface area contributed by atoms with Crippen LogP contribution < -0.4 is 10.0 Å². The number of hydrogen-bond acceptors (Lipinski definition) is 5. The number of rotatable bonds is 6. The molecule has 0 aliphatic carbocycles. The second-order valence-corrected chi connectivity index (χ2v) is 8.50. The lowest BCUT2D eigenvalue weighted by Crippen LogP contribution is -2.38. The zero-order chi connectivity index (χ0) is 18.4. The molecular weight excluding hydrogens is 358 g/mol. The number of hydrogen-bond donors (Lipinski definition) is 2. The van der Waals surface area contributed by atoms with Crippen molar-refractivity contribution in [1.82, 2.24) is 15.2 Å². The number of guanidine groups is 1. The summed E-state index contributed by atoms with van der Waals surface area (Å²) in [6, 6.07) is 7.22. The van der Waals surface area contributed by atoms with E-state index in [9.17, 15) is 8.42 Å². The van der Waals surface area contributed by atoms with Crippen molar-refractivity contribution in [2.24, 2.45) is 4.99 Å². The van der Waals surface area contributed by atoms with Gasteiger partial charge in [0.05, 0.1) is 23.5 Å². The first kappa shape index (κ1) is 19.2. The molecule has 0 aliphatic rings. The number of thiazole rings is 1. The van der Waals surface area contributed by atoms with Gasteiger partial charge in [-0.3, -0.25) is 9.71 Å². The molecule has 136 valence electrons. The van der Waals surface area contributed by atoms with E-state index in [0.29, 0.717) is 18.8 Å². The van der Waals surface area contributed by atoms with E-state index in [0.717, 1.165) is 28.5 Å². The molecule has 0 aliphatic heterocycles. The van der Waals surface area contributed by atoms with Gasteiger partial charge in [0.1, 0.15) is 0 Å². The molecule has 0 fully saturated rings. The molecule has 1 heterocycles. The Morgan fingerprint density at radius 2 is 2.00 bits per heavy atom. The number of nitrogens with zero attached hydrogens (tertiary/aromatic N) is 3. The summed E-state index contributed by atoms with van der Waals surface area (Å²) < 4.78 is 24.9. The number of aryl methyl sites for hydroxylation is 1. The van der Waals surface area contributed by atoms with Gasteiger partial charge in [0.15, 0.2) is 5.96 Å². The van der Waals surface area contributed by atoms with Crippen LogP contribution in [-0.4, -0.2) is 44.6 Å². The number of anilines is 1. The van der Waals surface area contributed by atoms with E-state index in [1.807, 2.05) is 36.4 Å². The van der Waals surface area contributed by atoms with Gasteiger partial charge in [0.2, 0.25) is 10.0 Å². The normalized spacial score (nSPS) is 12.1. The second-order valence-electron chi connectivity index (χ2n) is 5.69. The molecular formula is C16H23N5O2S2. The first-order valence-corrected chi connectivity index (χ1v) is 10.4. The van der Waals surface area contributed by atoms with Gasteiger partial charge < -0.3 is 10.2 Å². The molecule has 1 aromatic heterocycles. The van der Waals surface area contributed by atoms with Crippen LogP contribution in [0.3, 0.4) is 0 Å². The molecule has 2 N–H and O–H groups in total. The molecule has 2 aromatic rings. The van der Waals surface area contributed by atoms with Crippen molar-refractivity contribution in [3.05, 3.63) is 45.9 Å². The summed E-state index contributed by atoms with van der Waals surface area (Å²) in [5, 5.41) is 6.39. The number of aliphatic imine (C=N–C) groups is 1. The number of nitrogens with one attached hydrogen (secondary N) is 2. The summed E-state index contributed by atoms with van der Waals surface area (Å²) in [6.07, 6.45) is 1.13. The topological polar surface area (TPSA) is 86.7 Å². The highest BCUT2D eigenvalue weighted by Gasteiger charge is 2.09. The molecule has 9 heteroatoms. The quantitative estimate of drug-likeness (QED) is 0.591. The summed E-state index contributed by atoms with van der Waals surface area (Å²) in [6.45, 7) is 3.26. The third-order valence-electron chi connectivity index (χ3n) is 3.35. The highest BCUT2D eigenvalue weighted by atomic mass is 32.2. The largest absolute Gasteiger partial charge is 0.352 e. The molecule has 0 amide bonds. The minimum atomic E-state index is -3.26. The maximum Gasteiger partial charge on any atom is 0.229 e. The van der Waals surface area contributed by atoms with Crippen LogP contribution in [0, 0.1) is 6.92 Å². The van der Waals surface area contributed by atoms with Gasteiger partial charge in [-0.2, -0.15) is 0 Å². The first-order chi connectivity index (χ1) is 11.8. The maximum atomic E-state index is 11.2. The van der Waals surface area contributed by atoms with Gasteiger partial charge in [-0.25, -0.2) is 13.4 Å². The minimum absolute atomic E-state index is 0.548. The molecule has 0 saturated heterocycles. The van der Waals surface area contributed by atoms with E-state index in [1.54, 1.807) is 30.5 Å². The molecule has 1 aromatic carbocycles. The van der Waals surface area contributed by atoms with E-state index in [1.165, 1.54) is 0 Å². The van der Waals surface area contributed by atoms with Gasteiger partial charge in [-0.1, -0.05) is 12.1 Å². The molecule has 0 atom stereocenters. The average Bonchev–Trinajstić information content (AvgIpc) is 2.93. The van der Waals surface area contributed by atoms with Crippen LogP contribution in [0.4, 0.5) is 5.69 Å². The van der Waals surface area contributed by atoms with Crippen LogP contribution >= 0.6 is 11.3 Å². The highest BCUT2D eigenvalue weighted by molar-refractivity contribution is 7.92. The van der Waals surface area contributed by atoms with Crippen molar-refractivity contribution in [3.8, 4) is 0 Å². The zero-order valence-corrected chi connectivity index (χ0v) is 16.4. The predicted octanol–water partition coefficient (Wildman–Crippen LogP) is 2.03. The van der Waals surface area contributed by atoms with Crippen LogP contribution in [0.15, 0.2) is 34.6 Å². The van der Waals surface area contributed by atoms with Crippen LogP contribution in [0.5, 0.6) is 0 Å². The van der Waals surface area contributed by atoms with Crippen LogP contribution in [0.2, 0.25) is 0 Å². The van der Waals surface area contributed by atoms with Crippen molar-refractivity contribution in [3.63, 3.8) is 0 Å². The third-order valence-corrected chi connectivity index (χ3v) is 4.78. The van der Waals surface area contributed by atoms with Crippen molar-refractivity contribution >= 4 is 33.0 Å². The molecule has 0 spiro atoms. The molecule has 0 radical (unpaired) electrons. The van der Waals surface area contributed by atoms with Gasteiger partial charge in [0.25, 0.3) is 0 Å². The molecule has 0 saturated carbocycles. The second kappa shape index (κ2) is 8.30. The van der Waals surface area contributed by atoms with Crippen LogP contribution in [0.25, 0.3) is 0 Å². The third kappa shape index (κ3) is 6.35. The Labute approximate surface area is 152 Å². The van der Waals surface area contributed by atoms with Crippen molar-refractivity contribution < 1.29 is 8.42 Å². The first-order valence-electron chi connectivity index (χ1n) is 7.66. The SMILES string of the molecule is CN=C(NCc1ccc(NS(C)(=O)=O)cc1)N(C)Cc1csc(C)n1. The molecule has 7 nitrogen and oxygen atoms in total. The number of aromatic nitrogens is 1. The minimum Gasteiger partial charge on any atom is -0.352 e. The Morgan fingerprint density at radius 3 is 2.52 bits per heavy atom. The van der Waals surface area contributed by atoms with E-state index in [4.69, 9.17) is 0 Å². The van der Waals surface area contributed by atoms with Crippen molar-refractivity contribution in [2.45, 2.75) is 20.0 Å². The van der Waals surface area contributed by atoms with Gasteiger partial charge >= 0.3 is 0 Å². The van der Waals surface area contributed by atoms with Gasteiger partial charge in [-0.15, -0.1) is 11.3 Å². The van der Waals surface area contributed by atoms with E-state index >= 15 is 0 Å². The fourth-order valence-corrected chi connectivity index (χ4v) is 3.44. The Hall–Kier alpha value is -2.13. The number of benzene rings is 1. The Kier molecular flexibility index (Phi) is 6.38. The van der Waals surface area contributed by atoms with Crippen molar-refractivity contribution in [1.29, 1.82) is 0 Å². The molecule has 2 rings (SSSR count). The predicted molar refractivity (Wildman–Crippen MR) is 103 cm³/mol.